The largest absolute Gasteiger partial charge is 0.475 e. The van der Waals surface area contributed by atoms with Gasteiger partial charge in [-0.15, -0.1) is 0 Å². The summed E-state index contributed by atoms with van der Waals surface area (Å²) in [4.78, 5) is 4.29. The molecule has 0 saturated carbocycles. The van der Waals surface area contributed by atoms with Crippen LogP contribution in [0.3, 0.4) is 0 Å². The number of ether oxygens (including phenoxy) is 1. The first-order valence-electron chi connectivity index (χ1n) is 4.43. The van der Waals surface area contributed by atoms with Crippen LogP contribution >= 0.6 is 15.9 Å². The third-order valence-electron chi connectivity index (χ3n) is 1.89. The molecule has 1 aromatic heterocycles. The highest BCUT2D eigenvalue weighted by molar-refractivity contribution is 9.10. The first-order valence-corrected chi connectivity index (χ1v) is 5.22. The van der Waals surface area contributed by atoms with Crippen molar-refractivity contribution in [3.8, 4) is 5.88 Å². The van der Waals surface area contributed by atoms with Gasteiger partial charge >= 0.3 is 0 Å². The van der Waals surface area contributed by atoms with Crippen molar-refractivity contribution in [3.05, 3.63) is 22.3 Å². The first kappa shape index (κ1) is 13.4. The minimum atomic E-state index is 0. The molecule has 0 radical (unpaired) electrons. The van der Waals surface area contributed by atoms with Gasteiger partial charge in [0.2, 0.25) is 5.88 Å². The van der Waals surface area contributed by atoms with E-state index in [2.05, 4.69) is 27.8 Å². The van der Waals surface area contributed by atoms with Crippen molar-refractivity contribution in [2.45, 2.75) is 40.7 Å². The van der Waals surface area contributed by atoms with Crippen LogP contribution in [0.4, 0.5) is 0 Å². The van der Waals surface area contributed by atoms with Crippen molar-refractivity contribution in [2.24, 2.45) is 0 Å². The van der Waals surface area contributed by atoms with E-state index in [4.69, 9.17) is 4.74 Å². The average Bonchev–Trinajstić information content (AvgIpc) is 2.11. The molecule has 0 fully saturated rings. The smallest absolute Gasteiger partial charge is 0.213 e. The molecule has 0 aliphatic carbocycles. The Morgan fingerprint density at radius 3 is 2.64 bits per heavy atom. The van der Waals surface area contributed by atoms with Gasteiger partial charge in [0, 0.05) is 10.5 Å². The Kier molecular flexibility index (Phi) is 5.77. The zero-order valence-electron chi connectivity index (χ0n) is 8.17. The highest BCUT2D eigenvalue weighted by Crippen LogP contribution is 2.18. The number of nitrogens with zero attached hydrogens (tertiary/aromatic N) is 1. The number of halogens is 1. The number of rotatable bonds is 3. The summed E-state index contributed by atoms with van der Waals surface area (Å²) in [7, 11) is 0. The lowest BCUT2D eigenvalue weighted by Gasteiger charge is -2.11. The molecule has 0 aromatic carbocycles. The molecule has 1 atom stereocenters. The Morgan fingerprint density at radius 1 is 1.50 bits per heavy atom. The second-order valence-electron chi connectivity index (χ2n) is 3.05. The van der Waals surface area contributed by atoms with Gasteiger partial charge in [0.15, 0.2) is 0 Å². The molecule has 2 nitrogen and oxygen atoms in total. The number of aryl methyl sites for hydroxylation is 1. The van der Waals surface area contributed by atoms with Gasteiger partial charge in [-0.2, -0.15) is 0 Å². The maximum atomic E-state index is 5.57. The highest BCUT2D eigenvalue weighted by atomic mass is 79.9. The molecule has 0 saturated heterocycles. The summed E-state index contributed by atoms with van der Waals surface area (Å²) in [6, 6.07) is 3.84. The van der Waals surface area contributed by atoms with Crippen LogP contribution in [0.5, 0.6) is 5.88 Å². The maximum Gasteiger partial charge on any atom is 0.213 e. The Labute approximate surface area is 94.8 Å². The lowest BCUT2D eigenvalue weighted by Crippen LogP contribution is -2.10. The Bertz CT molecular complexity index is 289. The zero-order valence-corrected chi connectivity index (χ0v) is 9.76. The van der Waals surface area contributed by atoms with Crippen LogP contribution in [0.25, 0.3) is 0 Å². The summed E-state index contributed by atoms with van der Waals surface area (Å²) < 4.78 is 6.58. The monoisotopic (exact) mass is 259 g/mol. The van der Waals surface area contributed by atoms with Crippen LogP contribution in [0.1, 0.15) is 33.4 Å². The fourth-order valence-corrected chi connectivity index (χ4v) is 1.10. The summed E-state index contributed by atoms with van der Waals surface area (Å²) in [6.45, 7) is 6.09. The van der Waals surface area contributed by atoms with Crippen LogP contribution in [-0.2, 0) is 0 Å². The summed E-state index contributed by atoms with van der Waals surface area (Å²) in [5, 5.41) is 0. The van der Waals surface area contributed by atoms with E-state index in [9.17, 15) is 0 Å². The van der Waals surface area contributed by atoms with Gasteiger partial charge in [-0.05, 0) is 42.3 Å². The number of hydrogen-bond acceptors (Lipinski definition) is 2. The topological polar surface area (TPSA) is 22.1 Å². The molecule has 1 aromatic rings. The Balaban J connectivity index is 0.00000169. The number of hydrogen-bond donors (Lipinski definition) is 0. The van der Waals surface area contributed by atoms with Gasteiger partial charge in [-0.3, -0.25) is 0 Å². The molecule has 0 amide bonds. The molecule has 0 bridgehead atoms. The number of aromatic nitrogens is 1. The minimum absolute atomic E-state index is 0. The maximum absolute atomic E-state index is 5.57. The van der Waals surface area contributed by atoms with E-state index in [-0.39, 0.29) is 13.5 Å². The normalized spacial score (nSPS) is 11.7. The van der Waals surface area contributed by atoms with E-state index in [1.54, 1.807) is 0 Å². The third-order valence-corrected chi connectivity index (χ3v) is 2.73. The number of pyridine rings is 1. The van der Waals surface area contributed by atoms with Crippen molar-refractivity contribution in [2.75, 3.05) is 0 Å². The predicted molar refractivity (Wildman–Crippen MR) is 63.8 cm³/mol. The SMILES string of the molecule is C.CCC(C)Oc1ccc(Br)c(C)n1. The van der Waals surface area contributed by atoms with Crippen LogP contribution in [0, 0.1) is 6.92 Å². The molecule has 14 heavy (non-hydrogen) atoms. The fourth-order valence-electron chi connectivity index (χ4n) is 0.876. The van der Waals surface area contributed by atoms with Gasteiger partial charge in [-0.25, -0.2) is 4.98 Å². The minimum Gasteiger partial charge on any atom is -0.475 e. The van der Waals surface area contributed by atoms with Gasteiger partial charge in [-0.1, -0.05) is 14.4 Å². The van der Waals surface area contributed by atoms with Crippen molar-refractivity contribution in [3.63, 3.8) is 0 Å². The van der Waals surface area contributed by atoms with Gasteiger partial charge in [0.25, 0.3) is 0 Å². The van der Waals surface area contributed by atoms with Crippen LogP contribution in [0.15, 0.2) is 16.6 Å². The van der Waals surface area contributed by atoms with E-state index in [0.717, 1.165) is 16.6 Å². The molecule has 0 spiro atoms. The van der Waals surface area contributed by atoms with E-state index in [1.807, 2.05) is 26.0 Å². The molecular weight excluding hydrogens is 242 g/mol. The van der Waals surface area contributed by atoms with E-state index >= 15 is 0 Å². The first-order chi connectivity index (χ1) is 6.13. The summed E-state index contributed by atoms with van der Waals surface area (Å²) in [6.07, 6.45) is 1.23. The Morgan fingerprint density at radius 2 is 2.14 bits per heavy atom. The second kappa shape index (κ2) is 6.02. The van der Waals surface area contributed by atoms with Gasteiger partial charge in [0.1, 0.15) is 0 Å². The van der Waals surface area contributed by atoms with Crippen molar-refractivity contribution >= 4 is 15.9 Å². The van der Waals surface area contributed by atoms with Gasteiger partial charge < -0.3 is 4.74 Å². The zero-order chi connectivity index (χ0) is 9.84. The fraction of sp³-hybridized carbons (Fsp3) is 0.545. The van der Waals surface area contributed by atoms with E-state index in [1.165, 1.54) is 0 Å². The predicted octanol–water partition coefficient (Wildman–Crippen LogP) is 3.97. The quantitative estimate of drug-likeness (QED) is 0.820. The van der Waals surface area contributed by atoms with E-state index in [0.29, 0.717) is 5.88 Å². The molecule has 0 N–H and O–H groups in total. The summed E-state index contributed by atoms with van der Waals surface area (Å²) in [5.74, 6) is 0.704. The van der Waals surface area contributed by atoms with Crippen LogP contribution in [-0.4, -0.2) is 11.1 Å². The standard InChI is InChI=1S/C10H14BrNO.CH4/c1-4-7(2)13-10-6-5-9(11)8(3)12-10;/h5-7H,4H2,1-3H3;1H4. The molecule has 1 unspecified atom stereocenters. The molecule has 0 aliphatic heterocycles. The summed E-state index contributed by atoms with van der Waals surface area (Å²) >= 11 is 3.39. The van der Waals surface area contributed by atoms with Crippen LogP contribution < -0.4 is 4.74 Å². The average molecular weight is 260 g/mol. The van der Waals surface area contributed by atoms with Gasteiger partial charge in [0.05, 0.1) is 11.8 Å². The second-order valence-corrected chi connectivity index (χ2v) is 3.91. The highest BCUT2D eigenvalue weighted by Gasteiger charge is 2.03. The van der Waals surface area contributed by atoms with Crippen LogP contribution in [0.2, 0.25) is 0 Å². The Hall–Kier alpha value is -0.570. The molecule has 3 heteroatoms. The van der Waals surface area contributed by atoms with Crippen molar-refractivity contribution in [1.29, 1.82) is 0 Å². The van der Waals surface area contributed by atoms with Crippen molar-refractivity contribution in [1.82, 2.24) is 4.98 Å². The molecule has 1 rings (SSSR count). The molecule has 80 valence electrons. The summed E-state index contributed by atoms with van der Waals surface area (Å²) in [5.41, 5.74) is 0.959. The third kappa shape index (κ3) is 3.66. The van der Waals surface area contributed by atoms with E-state index < -0.39 is 0 Å². The lowest BCUT2D eigenvalue weighted by molar-refractivity contribution is 0.208. The van der Waals surface area contributed by atoms with Crippen molar-refractivity contribution < 1.29 is 4.74 Å². The molecule has 0 aliphatic rings. The lowest BCUT2D eigenvalue weighted by atomic mass is 10.3. The molecule has 1 heterocycles. The molecular formula is C11H18BrNO.